The Labute approximate surface area is 206 Å². The molecule has 0 atom stereocenters. The largest absolute Gasteiger partial charge is 0.416 e. The number of nitrogens with one attached hydrogen (secondary N) is 1. The molecule has 0 saturated carbocycles. The molecule has 0 spiro atoms. The van der Waals surface area contributed by atoms with Crippen LogP contribution in [0.4, 0.5) is 24.8 Å². The number of piperidine rings is 1. The zero-order chi connectivity index (χ0) is 25.3. The van der Waals surface area contributed by atoms with Gasteiger partial charge in [0.15, 0.2) is 11.6 Å². The molecule has 1 N–H and O–H groups in total. The molecular weight excluding hydrogens is 471 g/mol. The van der Waals surface area contributed by atoms with Gasteiger partial charge in [0.05, 0.1) is 16.6 Å². The third-order valence-corrected chi connectivity index (χ3v) is 6.81. The quantitative estimate of drug-likeness (QED) is 0.564. The van der Waals surface area contributed by atoms with Crippen molar-refractivity contribution in [2.45, 2.75) is 31.9 Å². The third-order valence-electron chi connectivity index (χ3n) is 6.81. The third kappa shape index (κ3) is 4.98. The number of benzene rings is 2. The summed E-state index contributed by atoms with van der Waals surface area (Å²) in [6.07, 6.45) is -1.41. The highest BCUT2D eigenvalue weighted by atomic mass is 19.4. The topological polar surface area (TPSA) is 78.4 Å². The summed E-state index contributed by atoms with van der Waals surface area (Å²) in [4.78, 5) is 39.1. The van der Waals surface area contributed by atoms with Crippen LogP contribution in [0.3, 0.4) is 0 Å². The number of likely N-dealkylation sites (tertiary alicyclic amines) is 1. The van der Waals surface area contributed by atoms with E-state index in [1.165, 1.54) is 12.1 Å². The molecule has 7 nitrogen and oxygen atoms in total. The van der Waals surface area contributed by atoms with E-state index in [4.69, 9.17) is 4.98 Å². The molecular formula is C26H26F3N5O2. The Hall–Kier alpha value is -3.69. The standard InChI is InChI=1S/C26H26F3N5O2/c27-26(28,29)19-9-7-18(8-10-19)25(36)34-15-11-17(12-16-34)24(35)32-22-23(33-13-3-4-14-33)31-21-6-2-1-5-20(21)30-22/h1-2,5-10,17H,3-4,11-16H2,(H,30,32,35). The van der Waals surface area contributed by atoms with Crippen molar-refractivity contribution in [1.29, 1.82) is 0 Å². The lowest BCUT2D eigenvalue weighted by Crippen LogP contribution is -2.41. The number of hydrogen-bond acceptors (Lipinski definition) is 5. The minimum absolute atomic E-state index is 0.165. The Bertz CT molecular complexity index is 1260. The first-order valence-electron chi connectivity index (χ1n) is 12.1. The van der Waals surface area contributed by atoms with Crippen LogP contribution >= 0.6 is 0 Å². The number of anilines is 2. The maximum absolute atomic E-state index is 13.1. The van der Waals surface area contributed by atoms with E-state index in [9.17, 15) is 22.8 Å². The predicted molar refractivity (Wildman–Crippen MR) is 130 cm³/mol. The van der Waals surface area contributed by atoms with Gasteiger partial charge < -0.3 is 15.1 Å². The van der Waals surface area contributed by atoms with Crippen LogP contribution in [-0.2, 0) is 11.0 Å². The average molecular weight is 498 g/mol. The highest BCUT2D eigenvalue weighted by Crippen LogP contribution is 2.31. The number of aromatic nitrogens is 2. The molecule has 1 aromatic heterocycles. The fourth-order valence-corrected chi connectivity index (χ4v) is 4.77. The van der Waals surface area contributed by atoms with Crippen molar-refractivity contribution in [3.63, 3.8) is 0 Å². The summed E-state index contributed by atoms with van der Waals surface area (Å²) >= 11 is 0. The van der Waals surface area contributed by atoms with Gasteiger partial charge in [-0.25, -0.2) is 9.97 Å². The molecule has 2 aromatic carbocycles. The molecule has 36 heavy (non-hydrogen) atoms. The van der Waals surface area contributed by atoms with Gasteiger partial charge >= 0.3 is 6.18 Å². The highest BCUT2D eigenvalue weighted by molar-refractivity contribution is 5.97. The van der Waals surface area contributed by atoms with Crippen LogP contribution < -0.4 is 10.2 Å². The van der Waals surface area contributed by atoms with E-state index in [0.717, 1.165) is 43.6 Å². The second-order valence-corrected chi connectivity index (χ2v) is 9.21. The maximum atomic E-state index is 13.1. The monoisotopic (exact) mass is 497 g/mol. The van der Waals surface area contributed by atoms with Crippen molar-refractivity contribution in [3.05, 3.63) is 59.7 Å². The van der Waals surface area contributed by atoms with Crippen LogP contribution in [0, 0.1) is 5.92 Å². The van der Waals surface area contributed by atoms with Crippen molar-refractivity contribution >= 4 is 34.5 Å². The van der Waals surface area contributed by atoms with Crippen molar-refractivity contribution in [2.24, 2.45) is 5.92 Å². The fourth-order valence-electron chi connectivity index (χ4n) is 4.77. The first kappa shape index (κ1) is 24.0. The first-order valence-corrected chi connectivity index (χ1v) is 12.1. The summed E-state index contributed by atoms with van der Waals surface area (Å²) < 4.78 is 38.4. The average Bonchev–Trinajstić information content (AvgIpc) is 3.42. The number of amides is 2. The van der Waals surface area contributed by atoms with Gasteiger partial charge in [-0.15, -0.1) is 0 Å². The Morgan fingerprint density at radius 3 is 2.08 bits per heavy atom. The molecule has 2 aliphatic rings. The fraction of sp³-hybridized carbons (Fsp3) is 0.385. The Balaban J connectivity index is 1.25. The normalized spacial score (nSPS) is 17.0. The highest BCUT2D eigenvalue weighted by Gasteiger charge is 2.32. The minimum atomic E-state index is -4.45. The number of halogens is 3. The van der Waals surface area contributed by atoms with Crippen LogP contribution in [0.5, 0.6) is 0 Å². The molecule has 3 heterocycles. The van der Waals surface area contributed by atoms with Crippen LogP contribution in [0.25, 0.3) is 11.0 Å². The van der Waals surface area contributed by atoms with Crippen LogP contribution in [-0.4, -0.2) is 52.9 Å². The molecule has 10 heteroatoms. The van der Waals surface area contributed by atoms with Gasteiger partial charge in [-0.2, -0.15) is 13.2 Å². The maximum Gasteiger partial charge on any atom is 0.416 e. The molecule has 2 aliphatic heterocycles. The van der Waals surface area contributed by atoms with Gasteiger partial charge in [-0.3, -0.25) is 9.59 Å². The molecule has 5 rings (SSSR count). The predicted octanol–water partition coefficient (Wildman–Crippen LogP) is 4.74. The van der Waals surface area contributed by atoms with Crippen LogP contribution in [0.15, 0.2) is 48.5 Å². The van der Waals surface area contributed by atoms with Gasteiger partial charge in [0.25, 0.3) is 5.91 Å². The van der Waals surface area contributed by atoms with Crippen molar-refractivity contribution in [3.8, 4) is 0 Å². The van der Waals surface area contributed by atoms with Gasteiger partial charge in [-0.05, 0) is 62.1 Å². The lowest BCUT2D eigenvalue weighted by Gasteiger charge is -2.31. The Morgan fingerprint density at radius 2 is 1.47 bits per heavy atom. The number of para-hydroxylation sites is 2. The van der Waals surface area contributed by atoms with E-state index in [1.807, 2.05) is 24.3 Å². The van der Waals surface area contributed by atoms with Crippen molar-refractivity contribution < 1.29 is 22.8 Å². The number of alkyl halides is 3. The number of carbonyl (C=O) groups excluding carboxylic acids is 2. The number of hydrogen-bond donors (Lipinski definition) is 1. The molecule has 2 amide bonds. The van der Waals surface area contributed by atoms with Gasteiger partial charge in [0.1, 0.15) is 0 Å². The van der Waals surface area contributed by atoms with Gasteiger partial charge in [0, 0.05) is 37.7 Å². The van der Waals surface area contributed by atoms with Crippen molar-refractivity contribution in [1.82, 2.24) is 14.9 Å². The molecule has 3 aromatic rings. The molecule has 0 bridgehead atoms. The Morgan fingerprint density at radius 1 is 0.861 bits per heavy atom. The van der Waals surface area contributed by atoms with E-state index in [2.05, 4.69) is 15.2 Å². The summed E-state index contributed by atoms with van der Waals surface area (Å²) in [7, 11) is 0. The summed E-state index contributed by atoms with van der Waals surface area (Å²) in [5, 5.41) is 2.98. The van der Waals surface area contributed by atoms with E-state index < -0.39 is 11.7 Å². The first-order chi connectivity index (χ1) is 17.3. The number of rotatable bonds is 4. The molecule has 0 radical (unpaired) electrons. The number of carbonyl (C=O) groups is 2. The smallest absolute Gasteiger partial charge is 0.354 e. The lowest BCUT2D eigenvalue weighted by atomic mass is 9.95. The molecule has 2 saturated heterocycles. The summed E-state index contributed by atoms with van der Waals surface area (Å²) in [5.74, 6) is 0.320. The van der Waals surface area contributed by atoms with Crippen molar-refractivity contribution in [2.75, 3.05) is 36.4 Å². The molecule has 0 aliphatic carbocycles. The van der Waals surface area contributed by atoms with E-state index in [1.54, 1.807) is 4.90 Å². The van der Waals surface area contributed by atoms with Crippen LogP contribution in [0.1, 0.15) is 41.6 Å². The van der Waals surface area contributed by atoms with Gasteiger partial charge in [-0.1, -0.05) is 12.1 Å². The lowest BCUT2D eigenvalue weighted by molar-refractivity contribution is -0.137. The van der Waals surface area contributed by atoms with Crippen LogP contribution in [0.2, 0.25) is 0 Å². The molecule has 188 valence electrons. The Kier molecular flexibility index (Phi) is 6.51. The van der Waals surface area contributed by atoms with E-state index in [-0.39, 0.29) is 23.3 Å². The molecule has 2 fully saturated rings. The second kappa shape index (κ2) is 9.75. The van der Waals surface area contributed by atoms with E-state index >= 15 is 0 Å². The second-order valence-electron chi connectivity index (χ2n) is 9.21. The summed E-state index contributed by atoms with van der Waals surface area (Å²) in [6, 6.07) is 11.8. The summed E-state index contributed by atoms with van der Waals surface area (Å²) in [5.41, 5.74) is 0.882. The summed E-state index contributed by atoms with van der Waals surface area (Å²) in [6.45, 7) is 2.42. The zero-order valence-electron chi connectivity index (χ0n) is 19.6. The van der Waals surface area contributed by atoms with E-state index in [0.29, 0.717) is 43.1 Å². The minimum Gasteiger partial charge on any atom is -0.354 e. The SMILES string of the molecule is O=C(Nc1nc2ccccc2nc1N1CCCC1)C1CCN(C(=O)c2ccc(C(F)(F)F)cc2)CC1. The number of fused-ring (bicyclic) bond motifs is 1. The zero-order valence-corrected chi connectivity index (χ0v) is 19.6. The van der Waals surface area contributed by atoms with Gasteiger partial charge in [0.2, 0.25) is 5.91 Å². The number of nitrogens with zero attached hydrogens (tertiary/aromatic N) is 4. The molecule has 0 unspecified atom stereocenters.